The van der Waals surface area contributed by atoms with E-state index in [1.807, 2.05) is 45.9 Å². The summed E-state index contributed by atoms with van der Waals surface area (Å²) in [5, 5.41) is 3.01. The van der Waals surface area contributed by atoms with Gasteiger partial charge in [0.15, 0.2) is 5.76 Å². The Hall–Kier alpha value is -3.88. The maximum absolute atomic E-state index is 12.8. The number of hydrogen-bond acceptors (Lipinski definition) is 7. The van der Waals surface area contributed by atoms with Crippen LogP contribution in [0.1, 0.15) is 66.6 Å². The van der Waals surface area contributed by atoms with Gasteiger partial charge >= 0.3 is 5.97 Å². The van der Waals surface area contributed by atoms with Gasteiger partial charge in [-0.1, -0.05) is 31.5 Å². The van der Waals surface area contributed by atoms with E-state index in [1.165, 1.54) is 18.3 Å². The Morgan fingerprint density at radius 1 is 1.14 bits per heavy atom. The fraction of sp³-hybridized carbons (Fsp3) is 0.429. The second-order valence-corrected chi connectivity index (χ2v) is 8.70. The molecule has 200 valence electrons. The number of esters is 1. The Morgan fingerprint density at radius 2 is 1.81 bits per heavy atom. The van der Waals surface area contributed by atoms with E-state index in [2.05, 4.69) is 22.2 Å². The van der Waals surface area contributed by atoms with E-state index in [9.17, 15) is 14.4 Å². The number of ether oxygens (including phenoxy) is 1. The first-order chi connectivity index (χ1) is 17.7. The molecule has 0 aliphatic heterocycles. The number of aromatic nitrogens is 2. The topological polar surface area (TPSA) is 118 Å². The Kier molecular flexibility index (Phi) is 11.1. The maximum atomic E-state index is 12.8. The van der Waals surface area contributed by atoms with Crippen LogP contribution in [0.15, 0.2) is 45.8 Å². The van der Waals surface area contributed by atoms with Crippen LogP contribution in [0.5, 0.6) is 0 Å². The second-order valence-electron chi connectivity index (χ2n) is 8.70. The molecule has 0 aliphatic carbocycles. The van der Waals surface area contributed by atoms with E-state index >= 15 is 0 Å². The number of unbranched alkanes of at least 4 members (excludes halogenated alkanes) is 1. The van der Waals surface area contributed by atoms with Crippen molar-refractivity contribution in [3.8, 4) is 0 Å². The number of hydrogen-bond donors (Lipinski definition) is 2. The third-order valence-corrected chi connectivity index (χ3v) is 5.91. The Balaban J connectivity index is 0.000000281. The number of methoxy groups -OCH3 is 1. The minimum atomic E-state index is -0.762. The molecule has 0 saturated carbocycles. The van der Waals surface area contributed by atoms with Gasteiger partial charge in [0, 0.05) is 17.8 Å². The number of para-hydroxylation sites is 1. The number of rotatable bonds is 9. The number of anilines is 2. The molecule has 1 unspecified atom stereocenters. The van der Waals surface area contributed by atoms with Crippen LogP contribution >= 0.6 is 0 Å². The minimum Gasteiger partial charge on any atom is -0.467 e. The lowest BCUT2D eigenvalue weighted by Gasteiger charge is -2.29. The first-order valence-corrected chi connectivity index (χ1v) is 12.5. The summed E-state index contributed by atoms with van der Waals surface area (Å²) in [4.78, 5) is 45.0. The Morgan fingerprint density at radius 3 is 2.32 bits per heavy atom. The number of nitrogens with one attached hydrogen (secondary N) is 2. The lowest BCUT2D eigenvalue weighted by atomic mass is 10.1. The van der Waals surface area contributed by atoms with Crippen molar-refractivity contribution in [1.29, 1.82) is 0 Å². The lowest BCUT2D eigenvalue weighted by Crippen LogP contribution is -2.44. The molecule has 0 radical (unpaired) electrons. The summed E-state index contributed by atoms with van der Waals surface area (Å²) < 4.78 is 10.00. The first-order valence-electron chi connectivity index (χ1n) is 12.5. The van der Waals surface area contributed by atoms with Gasteiger partial charge in [-0.05, 0) is 70.7 Å². The van der Waals surface area contributed by atoms with E-state index in [1.54, 1.807) is 19.1 Å². The molecule has 9 heteroatoms. The smallest absolute Gasteiger partial charge is 0.328 e. The average molecular weight is 511 g/mol. The van der Waals surface area contributed by atoms with Crippen molar-refractivity contribution in [3.05, 3.63) is 75.1 Å². The monoisotopic (exact) mass is 510 g/mol. The molecule has 0 bridgehead atoms. The van der Waals surface area contributed by atoms with Gasteiger partial charge in [0.25, 0.3) is 11.5 Å². The molecule has 2 aromatic heterocycles. The number of benzene rings is 1. The van der Waals surface area contributed by atoms with Crippen molar-refractivity contribution >= 4 is 23.5 Å². The van der Waals surface area contributed by atoms with E-state index in [4.69, 9.17) is 9.15 Å². The molecule has 2 N–H and O–H groups in total. The predicted molar refractivity (Wildman–Crippen MR) is 145 cm³/mol. The van der Waals surface area contributed by atoms with E-state index < -0.39 is 12.0 Å². The largest absolute Gasteiger partial charge is 0.467 e. The highest BCUT2D eigenvalue weighted by atomic mass is 16.5. The van der Waals surface area contributed by atoms with Gasteiger partial charge in [0.05, 0.1) is 19.1 Å². The molecule has 1 amide bonds. The summed E-state index contributed by atoms with van der Waals surface area (Å²) in [5.74, 6) is -0.110. The van der Waals surface area contributed by atoms with Crippen LogP contribution in [0, 0.1) is 20.8 Å². The van der Waals surface area contributed by atoms with E-state index in [0.717, 1.165) is 48.2 Å². The van der Waals surface area contributed by atoms with Crippen molar-refractivity contribution in [2.45, 2.75) is 66.8 Å². The molecule has 3 aromatic rings. The van der Waals surface area contributed by atoms with Gasteiger partial charge in [-0.15, -0.1) is 0 Å². The van der Waals surface area contributed by atoms with Gasteiger partial charge in [-0.3, -0.25) is 19.5 Å². The second kappa shape index (κ2) is 14.0. The summed E-state index contributed by atoms with van der Waals surface area (Å²) in [7, 11) is 1.30. The third-order valence-electron chi connectivity index (χ3n) is 5.91. The number of nitrogens with zero attached hydrogens (tertiary/aromatic N) is 2. The molecule has 37 heavy (non-hydrogen) atoms. The van der Waals surface area contributed by atoms with Gasteiger partial charge in [-0.2, -0.15) is 0 Å². The zero-order valence-corrected chi connectivity index (χ0v) is 22.8. The first kappa shape index (κ1) is 29.4. The van der Waals surface area contributed by atoms with Crippen molar-refractivity contribution < 1.29 is 18.7 Å². The Bertz CT molecular complexity index is 1210. The number of carbonyl (C=O) groups is 2. The summed E-state index contributed by atoms with van der Waals surface area (Å²) in [5.41, 5.74) is 4.14. The van der Waals surface area contributed by atoms with Crippen molar-refractivity contribution in [2.24, 2.45) is 0 Å². The number of aromatic amines is 1. The highest BCUT2D eigenvalue weighted by Crippen LogP contribution is 2.28. The number of aryl methyl sites for hydroxylation is 3. The van der Waals surface area contributed by atoms with E-state index in [-0.39, 0.29) is 17.2 Å². The normalized spacial score (nSPS) is 11.2. The quantitative estimate of drug-likeness (QED) is 0.391. The average Bonchev–Trinajstić information content (AvgIpc) is 3.40. The number of amides is 1. The summed E-state index contributed by atoms with van der Waals surface area (Å²) >= 11 is 0. The number of carbonyl (C=O) groups excluding carboxylic acids is 2. The van der Waals surface area contributed by atoms with Crippen LogP contribution in [0.25, 0.3) is 0 Å². The van der Waals surface area contributed by atoms with Crippen LogP contribution in [0.4, 0.5) is 11.6 Å². The fourth-order valence-electron chi connectivity index (χ4n) is 3.96. The highest BCUT2D eigenvalue weighted by Gasteiger charge is 2.32. The SMILES string of the molecule is CCCCc1c(C)nc(NCC)[nH]c1=O.COC(=O)C(C)N(C(=O)c1ccco1)c1c(C)cccc1C. The number of H-pyrrole nitrogens is 1. The van der Waals surface area contributed by atoms with Crippen LogP contribution in [0.3, 0.4) is 0 Å². The molecule has 1 aromatic carbocycles. The lowest BCUT2D eigenvalue weighted by molar-refractivity contribution is -0.141. The van der Waals surface area contributed by atoms with Crippen molar-refractivity contribution in [2.75, 3.05) is 23.9 Å². The third kappa shape index (κ3) is 7.55. The zero-order valence-electron chi connectivity index (χ0n) is 22.8. The van der Waals surface area contributed by atoms with Gasteiger partial charge < -0.3 is 14.5 Å². The van der Waals surface area contributed by atoms with Gasteiger partial charge in [0.1, 0.15) is 6.04 Å². The maximum Gasteiger partial charge on any atom is 0.328 e. The van der Waals surface area contributed by atoms with Gasteiger partial charge in [-0.25, -0.2) is 9.78 Å². The molecule has 2 heterocycles. The standard InChI is InChI=1S/C17H19NO4.C11H19N3O/c1-11-7-5-8-12(2)15(11)18(13(3)17(20)21-4)16(19)14-9-6-10-22-14;1-4-6-7-9-8(3)13-11(12-5-2)14-10(9)15/h5-10,13H,1-4H3;4-7H2,1-3H3,(H2,12,13,14,15). The molecular weight excluding hydrogens is 472 g/mol. The molecule has 0 fully saturated rings. The van der Waals surface area contributed by atoms with Crippen molar-refractivity contribution in [3.63, 3.8) is 0 Å². The summed E-state index contributed by atoms with van der Waals surface area (Å²) in [6.45, 7) is 12.2. The number of furan rings is 1. The molecule has 0 saturated heterocycles. The molecule has 0 aliphatic rings. The molecule has 3 rings (SSSR count). The van der Waals surface area contributed by atoms with Crippen LogP contribution in [0.2, 0.25) is 0 Å². The fourth-order valence-corrected chi connectivity index (χ4v) is 3.96. The summed E-state index contributed by atoms with van der Waals surface area (Å²) in [6, 6.07) is 8.16. The zero-order chi connectivity index (χ0) is 27.5. The van der Waals surface area contributed by atoms with Crippen LogP contribution < -0.4 is 15.8 Å². The molecular formula is C28H38N4O5. The predicted octanol–water partition coefficient (Wildman–Crippen LogP) is 4.96. The van der Waals surface area contributed by atoms with Crippen LogP contribution in [-0.2, 0) is 16.0 Å². The Labute approximate surface area is 218 Å². The summed E-state index contributed by atoms with van der Waals surface area (Å²) in [6.07, 6.45) is 4.37. The molecule has 9 nitrogen and oxygen atoms in total. The van der Waals surface area contributed by atoms with Crippen LogP contribution in [-0.4, -0.2) is 41.5 Å². The molecule has 1 atom stereocenters. The molecule has 0 spiro atoms. The van der Waals surface area contributed by atoms with Crippen molar-refractivity contribution in [1.82, 2.24) is 9.97 Å². The van der Waals surface area contributed by atoms with E-state index in [0.29, 0.717) is 11.6 Å². The minimum absolute atomic E-state index is 0.00750. The highest BCUT2D eigenvalue weighted by molar-refractivity contribution is 6.08. The van der Waals surface area contributed by atoms with Gasteiger partial charge in [0.2, 0.25) is 5.95 Å².